The van der Waals surface area contributed by atoms with Crippen molar-refractivity contribution in [2.24, 2.45) is 7.05 Å². The molecule has 1 aromatic carbocycles. The maximum absolute atomic E-state index is 13.1. The average molecular weight is 316 g/mol. The highest BCUT2D eigenvalue weighted by Gasteiger charge is 2.29. The standard InChI is InChI=1S/C17H21FN4O/c1-21-12-13(11-20-21)8-9-19-17(23)22-10-2-3-16(22)14-4-6-15(18)7-5-14/h4-7,11-12,16H,2-3,8-10H2,1H3,(H,19,23). The molecule has 1 atom stereocenters. The maximum atomic E-state index is 13.1. The summed E-state index contributed by atoms with van der Waals surface area (Å²) in [5.41, 5.74) is 2.09. The Morgan fingerprint density at radius 2 is 2.17 bits per heavy atom. The lowest BCUT2D eigenvalue weighted by molar-refractivity contribution is 0.193. The summed E-state index contributed by atoms with van der Waals surface area (Å²) in [5, 5.41) is 7.08. The van der Waals surface area contributed by atoms with E-state index in [2.05, 4.69) is 10.4 Å². The van der Waals surface area contributed by atoms with Crippen LogP contribution in [0.25, 0.3) is 0 Å². The molecule has 1 aromatic heterocycles. The van der Waals surface area contributed by atoms with E-state index in [0.717, 1.165) is 36.9 Å². The summed E-state index contributed by atoms with van der Waals surface area (Å²) in [6.45, 7) is 1.32. The molecule has 1 unspecified atom stereocenters. The monoisotopic (exact) mass is 316 g/mol. The number of nitrogens with zero attached hydrogens (tertiary/aromatic N) is 3. The van der Waals surface area contributed by atoms with E-state index in [-0.39, 0.29) is 17.9 Å². The fourth-order valence-corrected chi connectivity index (χ4v) is 3.06. The van der Waals surface area contributed by atoms with E-state index in [1.54, 1.807) is 16.8 Å². The zero-order valence-electron chi connectivity index (χ0n) is 13.2. The lowest BCUT2D eigenvalue weighted by atomic mass is 10.0. The molecule has 1 aliphatic heterocycles. The number of amides is 2. The molecule has 0 bridgehead atoms. The van der Waals surface area contributed by atoms with Gasteiger partial charge in [-0.05, 0) is 42.5 Å². The van der Waals surface area contributed by atoms with Gasteiger partial charge in [-0.15, -0.1) is 0 Å². The molecule has 23 heavy (non-hydrogen) atoms. The van der Waals surface area contributed by atoms with Gasteiger partial charge in [0.2, 0.25) is 0 Å². The number of nitrogens with one attached hydrogen (secondary N) is 1. The smallest absolute Gasteiger partial charge is 0.317 e. The van der Waals surface area contributed by atoms with Crippen LogP contribution in [0, 0.1) is 5.82 Å². The highest BCUT2D eigenvalue weighted by molar-refractivity contribution is 5.75. The molecule has 2 heterocycles. The molecule has 122 valence electrons. The highest BCUT2D eigenvalue weighted by Crippen LogP contribution is 2.31. The molecule has 2 amide bonds. The van der Waals surface area contributed by atoms with Crippen molar-refractivity contribution in [2.75, 3.05) is 13.1 Å². The Labute approximate surface area is 135 Å². The Kier molecular flexibility index (Phi) is 4.60. The fraction of sp³-hybridized carbons (Fsp3) is 0.412. The molecule has 1 fully saturated rings. The van der Waals surface area contributed by atoms with Gasteiger partial charge in [-0.2, -0.15) is 5.10 Å². The quantitative estimate of drug-likeness (QED) is 0.943. The topological polar surface area (TPSA) is 50.2 Å². The van der Waals surface area contributed by atoms with Gasteiger partial charge in [0, 0.05) is 26.3 Å². The molecule has 3 rings (SSSR count). The molecule has 2 aromatic rings. The van der Waals surface area contributed by atoms with Crippen molar-refractivity contribution in [3.8, 4) is 0 Å². The third-order valence-corrected chi connectivity index (χ3v) is 4.22. The van der Waals surface area contributed by atoms with Crippen LogP contribution in [0.15, 0.2) is 36.7 Å². The van der Waals surface area contributed by atoms with Crippen LogP contribution in [0.5, 0.6) is 0 Å². The molecular formula is C17H21FN4O. The van der Waals surface area contributed by atoms with E-state index in [9.17, 15) is 9.18 Å². The van der Waals surface area contributed by atoms with Crippen molar-refractivity contribution in [1.82, 2.24) is 20.0 Å². The number of hydrogen-bond donors (Lipinski definition) is 1. The van der Waals surface area contributed by atoms with Gasteiger partial charge < -0.3 is 10.2 Å². The minimum Gasteiger partial charge on any atom is -0.338 e. The number of benzene rings is 1. The van der Waals surface area contributed by atoms with Gasteiger partial charge in [0.15, 0.2) is 0 Å². The van der Waals surface area contributed by atoms with Gasteiger partial charge in [0.1, 0.15) is 5.82 Å². The molecule has 1 N–H and O–H groups in total. The van der Waals surface area contributed by atoms with Crippen molar-refractivity contribution in [3.05, 3.63) is 53.6 Å². The highest BCUT2D eigenvalue weighted by atomic mass is 19.1. The Morgan fingerprint density at radius 3 is 2.87 bits per heavy atom. The number of hydrogen-bond acceptors (Lipinski definition) is 2. The summed E-state index contributed by atoms with van der Waals surface area (Å²) >= 11 is 0. The van der Waals surface area contributed by atoms with Gasteiger partial charge in [-0.1, -0.05) is 12.1 Å². The number of carbonyl (C=O) groups excluding carboxylic acids is 1. The molecule has 0 saturated carbocycles. The van der Waals surface area contributed by atoms with E-state index in [1.165, 1.54) is 12.1 Å². The third kappa shape index (κ3) is 3.70. The summed E-state index contributed by atoms with van der Waals surface area (Å²) < 4.78 is 14.8. The minimum absolute atomic E-state index is 0.0361. The Hall–Kier alpha value is -2.37. The number of likely N-dealkylation sites (tertiary alicyclic amines) is 1. The van der Waals surface area contributed by atoms with Crippen LogP contribution in [-0.4, -0.2) is 33.8 Å². The predicted molar refractivity (Wildman–Crippen MR) is 85.4 cm³/mol. The third-order valence-electron chi connectivity index (χ3n) is 4.22. The first kappa shape index (κ1) is 15.5. The predicted octanol–water partition coefficient (Wildman–Crippen LogP) is 2.65. The number of carbonyl (C=O) groups is 1. The van der Waals surface area contributed by atoms with Crippen LogP contribution >= 0.6 is 0 Å². The van der Waals surface area contributed by atoms with Gasteiger partial charge >= 0.3 is 6.03 Å². The lowest BCUT2D eigenvalue weighted by Gasteiger charge is -2.25. The van der Waals surface area contributed by atoms with E-state index in [1.807, 2.05) is 24.3 Å². The number of urea groups is 1. The van der Waals surface area contributed by atoms with Gasteiger partial charge in [-0.25, -0.2) is 9.18 Å². The van der Waals surface area contributed by atoms with Crippen molar-refractivity contribution >= 4 is 6.03 Å². The minimum atomic E-state index is -0.251. The SMILES string of the molecule is Cn1cc(CCNC(=O)N2CCCC2c2ccc(F)cc2)cn1. The molecule has 0 spiro atoms. The lowest BCUT2D eigenvalue weighted by Crippen LogP contribution is -2.40. The van der Waals surface area contributed by atoms with Crippen LogP contribution in [0.4, 0.5) is 9.18 Å². The Morgan fingerprint density at radius 1 is 1.39 bits per heavy atom. The first-order valence-electron chi connectivity index (χ1n) is 7.91. The van der Waals surface area contributed by atoms with Crippen LogP contribution in [-0.2, 0) is 13.5 Å². The summed E-state index contributed by atoms with van der Waals surface area (Å²) in [5.74, 6) is -0.251. The average Bonchev–Trinajstić information content (AvgIpc) is 3.17. The van der Waals surface area contributed by atoms with Crippen molar-refractivity contribution in [1.29, 1.82) is 0 Å². The first-order chi connectivity index (χ1) is 11.1. The largest absolute Gasteiger partial charge is 0.338 e. The van der Waals surface area contributed by atoms with E-state index < -0.39 is 0 Å². The number of aryl methyl sites for hydroxylation is 1. The molecule has 0 radical (unpaired) electrons. The number of rotatable bonds is 4. The summed E-state index contributed by atoms with van der Waals surface area (Å²) in [6.07, 6.45) is 6.40. The molecule has 5 nitrogen and oxygen atoms in total. The van der Waals surface area contributed by atoms with Crippen molar-refractivity contribution in [3.63, 3.8) is 0 Å². The van der Waals surface area contributed by atoms with E-state index in [4.69, 9.17) is 0 Å². The molecule has 1 saturated heterocycles. The molecule has 0 aliphatic carbocycles. The van der Waals surface area contributed by atoms with Crippen molar-refractivity contribution < 1.29 is 9.18 Å². The first-order valence-corrected chi connectivity index (χ1v) is 7.91. The maximum Gasteiger partial charge on any atom is 0.317 e. The van der Waals surface area contributed by atoms with Gasteiger partial charge in [-0.3, -0.25) is 4.68 Å². The van der Waals surface area contributed by atoms with Gasteiger partial charge in [0.25, 0.3) is 0 Å². The van der Waals surface area contributed by atoms with Crippen LogP contribution in [0.3, 0.4) is 0 Å². The summed E-state index contributed by atoms with van der Waals surface area (Å²) in [6, 6.07) is 6.41. The Balaban J connectivity index is 1.56. The second-order valence-electron chi connectivity index (χ2n) is 5.91. The number of halogens is 1. The van der Waals surface area contributed by atoms with Gasteiger partial charge in [0.05, 0.1) is 12.2 Å². The van der Waals surface area contributed by atoms with Crippen LogP contribution in [0.1, 0.15) is 30.0 Å². The summed E-state index contributed by atoms with van der Waals surface area (Å²) in [4.78, 5) is 14.3. The zero-order chi connectivity index (χ0) is 16.2. The Bertz CT molecular complexity index is 667. The second-order valence-corrected chi connectivity index (χ2v) is 5.91. The molecular weight excluding hydrogens is 295 g/mol. The summed E-state index contributed by atoms with van der Waals surface area (Å²) in [7, 11) is 1.87. The van der Waals surface area contributed by atoms with E-state index >= 15 is 0 Å². The zero-order valence-corrected chi connectivity index (χ0v) is 13.2. The second kappa shape index (κ2) is 6.81. The fourth-order valence-electron chi connectivity index (χ4n) is 3.06. The normalized spacial score (nSPS) is 17.5. The van der Waals surface area contributed by atoms with E-state index in [0.29, 0.717) is 6.54 Å². The molecule has 6 heteroatoms. The van der Waals surface area contributed by atoms with Crippen LogP contribution < -0.4 is 5.32 Å². The molecule has 1 aliphatic rings. The van der Waals surface area contributed by atoms with Crippen LogP contribution in [0.2, 0.25) is 0 Å². The van der Waals surface area contributed by atoms with Crippen molar-refractivity contribution in [2.45, 2.75) is 25.3 Å². The number of aromatic nitrogens is 2.